The van der Waals surface area contributed by atoms with Crippen molar-refractivity contribution < 1.29 is 18.0 Å². The molecule has 7 heteroatoms. The highest BCUT2D eigenvalue weighted by Gasteiger charge is 2.09. The van der Waals surface area contributed by atoms with Crippen LogP contribution in [0, 0.1) is 17.5 Å². The molecule has 0 bridgehead atoms. The molecule has 0 saturated heterocycles. The van der Waals surface area contributed by atoms with Gasteiger partial charge in [-0.05, 0) is 30.3 Å². The highest BCUT2D eigenvalue weighted by Crippen LogP contribution is 2.23. The maximum atomic E-state index is 13.5. The summed E-state index contributed by atoms with van der Waals surface area (Å²) in [6, 6.07) is 6.83. The molecule has 2 aromatic rings. The number of nitrogen functional groups attached to an aromatic ring is 1. The third kappa shape index (κ3) is 4.42. The van der Waals surface area contributed by atoms with Crippen LogP contribution in [-0.4, -0.2) is 11.7 Å². The van der Waals surface area contributed by atoms with Gasteiger partial charge in [-0.1, -0.05) is 0 Å². The van der Waals surface area contributed by atoms with Crippen molar-refractivity contribution in [2.24, 2.45) is 0 Å². The van der Waals surface area contributed by atoms with Gasteiger partial charge in [0.15, 0.2) is 0 Å². The van der Waals surface area contributed by atoms with Crippen molar-refractivity contribution in [1.82, 2.24) is 0 Å². The topological polar surface area (TPSA) is 55.1 Å². The molecule has 0 radical (unpaired) electrons. The van der Waals surface area contributed by atoms with Crippen molar-refractivity contribution in [3.63, 3.8) is 0 Å². The summed E-state index contributed by atoms with van der Waals surface area (Å²) in [6.07, 6.45) is 0. The Morgan fingerprint density at radius 1 is 1.10 bits per heavy atom. The van der Waals surface area contributed by atoms with Crippen LogP contribution in [0.15, 0.2) is 41.3 Å². The van der Waals surface area contributed by atoms with Crippen LogP contribution in [0.1, 0.15) is 0 Å². The number of halogens is 3. The SMILES string of the molecule is Nc1ccc(SCC(=O)Nc2cc(F)cc(F)c2)c(F)c1. The zero-order chi connectivity index (χ0) is 15.4. The van der Waals surface area contributed by atoms with E-state index in [-0.39, 0.29) is 22.0 Å². The molecule has 3 N–H and O–H groups in total. The summed E-state index contributed by atoms with van der Waals surface area (Å²) in [5.74, 6) is -2.70. The van der Waals surface area contributed by atoms with Crippen LogP contribution >= 0.6 is 11.8 Å². The summed E-state index contributed by atoms with van der Waals surface area (Å²) in [4.78, 5) is 11.9. The number of carbonyl (C=O) groups excluding carboxylic acids is 1. The fourth-order valence-electron chi connectivity index (χ4n) is 1.60. The van der Waals surface area contributed by atoms with E-state index in [4.69, 9.17) is 5.73 Å². The second-order valence-electron chi connectivity index (χ2n) is 4.18. The third-order valence-corrected chi connectivity index (χ3v) is 3.51. The fraction of sp³-hybridized carbons (Fsp3) is 0.0714. The average molecular weight is 312 g/mol. The zero-order valence-electron chi connectivity index (χ0n) is 10.7. The van der Waals surface area contributed by atoms with E-state index in [1.54, 1.807) is 0 Å². The van der Waals surface area contributed by atoms with E-state index >= 15 is 0 Å². The number of carbonyl (C=O) groups is 1. The molecule has 21 heavy (non-hydrogen) atoms. The van der Waals surface area contributed by atoms with Gasteiger partial charge in [0.05, 0.1) is 5.75 Å². The molecule has 0 atom stereocenters. The van der Waals surface area contributed by atoms with Gasteiger partial charge in [0.1, 0.15) is 17.5 Å². The predicted molar refractivity (Wildman–Crippen MR) is 76.5 cm³/mol. The molecule has 1 amide bonds. The lowest BCUT2D eigenvalue weighted by Crippen LogP contribution is -2.14. The van der Waals surface area contributed by atoms with Gasteiger partial charge in [-0.15, -0.1) is 11.8 Å². The molecule has 2 rings (SSSR count). The number of nitrogens with one attached hydrogen (secondary N) is 1. The summed E-state index contributed by atoms with van der Waals surface area (Å²) in [5, 5.41) is 2.34. The lowest BCUT2D eigenvalue weighted by atomic mass is 10.3. The van der Waals surface area contributed by atoms with Crippen molar-refractivity contribution in [1.29, 1.82) is 0 Å². The fourth-order valence-corrected chi connectivity index (χ4v) is 2.32. The monoisotopic (exact) mass is 312 g/mol. The van der Waals surface area contributed by atoms with Crippen LogP contribution in [-0.2, 0) is 4.79 Å². The second kappa shape index (κ2) is 6.53. The van der Waals surface area contributed by atoms with Gasteiger partial charge in [-0.25, -0.2) is 13.2 Å². The highest BCUT2D eigenvalue weighted by atomic mass is 32.2. The molecule has 0 aliphatic rings. The van der Waals surface area contributed by atoms with Crippen LogP contribution in [0.2, 0.25) is 0 Å². The number of benzene rings is 2. The van der Waals surface area contributed by atoms with Gasteiger partial charge < -0.3 is 11.1 Å². The molecular weight excluding hydrogens is 301 g/mol. The molecule has 110 valence electrons. The molecule has 0 heterocycles. The van der Waals surface area contributed by atoms with E-state index in [9.17, 15) is 18.0 Å². The van der Waals surface area contributed by atoms with Crippen molar-refractivity contribution in [2.45, 2.75) is 4.90 Å². The van der Waals surface area contributed by atoms with Crippen molar-refractivity contribution in [3.8, 4) is 0 Å². The number of thioether (sulfide) groups is 1. The van der Waals surface area contributed by atoms with Gasteiger partial charge >= 0.3 is 0 Å². The average Bonchev–Trinajstić information content (AvgIpc) is 2.36. The Kier molecular flexibility index (Phi) is 4.74. The normalized spacial score (nSPS) is 10.4. The zero-order valence-corrected chi connectivity index (χ0v) is 11.5. The number of amides is 1. The van der Waals surface area contributed by atoms with E-state index in [1.165, 1.54) is 12.1 Å². The van der Waals surface area contributed by atoms with E-state index < -0.39 is 23.4 Å². The smallest absolute Gasteiger partial charge is 0.234 e. The molecule has 0 fully saturated rings. The van der Waals surface area contributed by atoms with Crippen LogP contribution in [0.25, 0.3) is 0 Å². The lowest BCUT2D eigenvalue weighted by Gasteiger charge is -2.06. The molecule has 3 nitrogen and oxygen atoms in total. The molecule has 0 aliphatic heterocycles. The van der Waals surface area contributed by atoms with Crippen molar-refractivity contribution in [3.05, 3.63) is 53.8 Å². The third-order valence-electron chi connectivity index (χ3n) is 2.46. The predicted octanol–water partition coefficient (Wildman–Crippen LogP) is 3.42. The Hall–Kier alpha value is -2.15. The summed E-state index contributed by atoms with van der Waals surface area (Å²) in [6.45, 7) is 0. The molecule has 0 unspecified atom stereocenters. The van der Waals surface area contributed by atoms with Crippen LogP contribution in [0.5, 0.6) is 0 Å². The summed E-state index contributed by atoms with van der Waals surface area (Å²) in [5.41, 5.74) is 5.71. The second-order valence-corrected chi connectivity index (χ2v) is 5.20. The van der Waals surface area contributed by atoms with Crippen LogP contribution in [0.4, 0.5) is 24.5 Å². The molecule has 0 saturated carbocycles. The Morgan fingerprint density at radius 3 is 2.38 bits per heavy atom. The first-order valence-corrected chi connectivity index (χ1v) is 6.86. The largest absolute Gasteiger partial charge is 0.399 e. The van der Waals surface area contributed by atoms with Crippen molar-refractivity contribution >= 4 is 29.0 Å². The van der Waals surface area contributed by atoms with Gasteiger partial charge in [-0.3, -0.25) is 4.79 Å². The molecular formula is C14H11F3N2OS. The summed E-state index contributed by atoms with van der Waals surface area (Å²) < 4.78 is 39.4. The van der Waals surface area contributed by atoms with Crippen LogP contribution < -0.4 is 11.1 Å². The number of hydrogen-bond donors (Lipinski definition) is 2. The minimum atomic E-state index is -0.789. The van der Waals surface area contributed by atoms with Crippen molar-refractivity contribution in [2.75, 3.05) is 16.8 Å². The minimum Gasteiger partial charge on any atom is -0.399 e. The summed E-state index contributed by atoms with van der Waals surface area (Å²) in [7, 11) is 0. The summed E-state index contributed by atoms with van der Waals surface area (Å²) >= 11 is 0.961. The van der Waals surface area contributed by atoms with E-state index in [1.807, 2.05) is 0 Å². The van der Waals surface area contributed by atoms with Gasteiger partial charge in [0.2, 0.25) is 5.91 Å². The molecule has 0 aromatic heterocycles. The molecule has 0 aliphatic carbocycles. The van der Waals surface area contributed by atoms with E-state index in [0.717, 1.165) is 30.0 Å². The Bertz CT molecular complexity index is 659. The quantitative estimate of drug-likeness (QED) is 0.672. The maximum Gasteiger partial charge on any atom is 0.234 e. The van der Waals surface area contributed by atoms with Gasteiger partial charge in [-0.2, -0.15) is 0 Å². The lowest BCUT2D eigenvalue weighted by molar-refractivity contribution is -0.113. The first-order valence-electron chi connectivity index (χ1n) is 5.88. The van der Waals surface area contributed by atoms with Crippen LogP contribution in [0.3, 0.4) is 0 Å². The highest BCUT2D eigenvalue weighted by molar-refractivity contribution is 8.00. The maximum absolute atomic E-state index is 13.5. The number of rotatable bonds is 4. The Labute approximate surface area is 123 Å². The first-order chi connectivity index (χ1) is 9.94. The number of anilines is 2. The van der Waals surface area contributed by atoms with E-state index in [2.05, 4.69) is 5.32 Å². The molecule has 2 aromatic carbocycles. The number of hydrogen-bond acceptors (Lipinski definition) is 3. The van der Waals surface area contributed by atoms with Gasteiger partial charge in [0, 0.05) is 22.3 Å². The Balaban J connectivity index is 1.95. The Morgan fingerprint density at radius 2 is 1.76 bits per heavy atom. The van der Waals surface area contributed by atoms with Gasteiger partial charge in [0.25, 0.3) is 0 Å². The number of nitrogens with two attached hydrogens (primary N) is 1. The minimum absolute atomic E-state index is 0.0101. The first kappa shape index (κ1) is 15.2. The van der Waals surface area contributed by atoms with E-state index in [0.29, 0.717) is 6.07 Å². The molecule has 0 spiro atoms. The standard InChI is InChI=1S/C14H11F3N2OS/c15-8-3-9(16)5-11(4-8)19-14(20)7-21-13-2-1-10(18)6-12(13)17/h1-6H,7,18H2,(H,19,20).